The van der Waals surface area contributed by atoms with Gasteiger partial charge in [0.25, 0.3) is 5.95 Å². The minimum atomic E-state index is 0.722. The molecule has 0 fully saturated rings. The Morgan fingerprint density at radius 3 is 2.66 bits per heavy atom. The SMILES string of the molecule is Cc1ccc(-n2nnnc2N2CCc3c(ncn3CCc3ccccc3)C2)cc1. The largest absolute Gasteiger partial charge is 0.334 e. The molecule has 5 rings (SSSR count). The van der Waals surface area contributed by atoms with Crippen molar-refractivity contribution in [1.29, 1.82) is 0 Å². The van der Waals surface area contributed by atoms with E-state index in [4.69, 9.17) is 0 Å². The summed E-state index contributed by atoms with van der Waals surface area (Å²) in [5.74, 6) is 0.762. The Morgan fingerprint density at radius 1 is 1.00 bits per heavy atom. The normalized spacial score (nSPS) is 13.5. The van der Waals surface area contributed by atoms with Crippen LogP contribution in [0, 0.1) is 6.92 Å². The van der Waals surface area contributed by atoms with Crippen LogP contribution < -0.4 is 4.90 Å². The average Bonchev–Trinajstić information content (AvgIpc) is 3.40. The number of benzene rings is 2. The van der Waals surface area contributed by atoms with Gasteiger partial charge in [-0.1, -0.05) is 53.1 Å². The molecule has 29 heavy (non-hydrogen) atoms. The maximum atomic E-state index is 4.69. The lowest BCUT2D eigenvalue weighted by molar-refractivity contribution is 0.615. The van der Waals surface area contributed by atoms with Gasteiger partial charge in [0.1, 0.15) is 0 Å². The maximum Gasteiger partial charge on any atom is 0.250 e. The molecular weight excluding hydrogens is 362 g/mol. The molecule has 7 nitrogen and oxygen atoms in total. The van der Waals surface area contributed by atoms with Gasteiger partial charge in [0.15, 0.2) is 0 Å². The first-order valence-corrected chi connectivity index (χ1v) is 9.95. The second kappa shape index (κ2) is 7.50. The van der Waals surface area contributed by atoms with Crippen LogP contribution in [0.3, 0.4) is 0 Å². The van der Waals surface area contributed by atoms with Gasteiger partial charge in [0, 0.05) is 25.2 Å². The molecule has 4 aromatic rings. The monoisotopic (exact) mass is 385 g/mol. The Morgan fingerprint density at radius 2 is 1.83 bits per heavy atom. The molecule has 7 heteroatoms. The van der Waals surface area contributed by atoms with Crippen LogP contribution in [0.2, 0.25) is 0 Å². The minimum Gasteiger partial charge on any atom is -0.334 e. The average molecular weight is 385 g/mol. The van der Waals surface area contributed by atoms with Crippen LogP contribution >= 0.6 is 0 Å². The first-order valence-electron chi connectivity index (χ1n) is 9.95. The van der Waals surface area contributed by atoms with Gasteiger partial charge in [-0.15, -0.1) is 0 Å². The van der Waals surface area contributed by atoms with Gasteiger partial charge >= 0.3 is 0 Å². The lowest BCUT2D eigenvalue weighted by Gasteiger charge is -2.27. The highest BCUT2D eigenvalue weighted by Gasteiger charge is 2.25. The number of fused-ring (bicyclic) bond motifs is 1. The van der Waals surface area contributed by atoms with Crippen molar-refractivity contribution in [3.63, 3.8) is 0 Å². The molecule has 0 N–H and O–H groups in total. The second-order valence-corrected chi connectivity index (χ2v) is 7.46. The number of rotatable bonds is 5. The van der Waals surface area contributed by atoms with Crippen molar-refractivity contribution in [2.24, 2.45) is 0 Å². The number of aryl methyl sites for hydroxylation is 3. The summed E-state index contributed by atoms with van der Waals surface area (Å²) in [4.78, 5) is 6.89. The van der Waals surface area contributed by atoms with Crippen LogP contribution in [0.5, 0.6) is 0 Å². The van der Waals surface area contributed by atoms with Crippen molar-refractivity contribution in [2.45, 2.75) is 32.9 Å². The zero-order valence-electron chi connectivity index (χ0n) is 16.4. The van der Waals surface area contributed by atoms with Crippen LogP contribution in [-0.4, -0.2) is 36.3 Å². The Labute approximate surface area is 169 Å². The van der Waals surface area contributed by atoms with E-state index in [1.807, 2.05) is 18.5 Å². The number of tetrazole rings is 1. The predicted molar refractivity (Wildman–Crippen MR) is 111 cm³/mol. The molecule has 0 saturated heterocycles. The Bertz CT molecular complexity index is 1100. The van der Waals surface area contributed by atoms with Crippen LogP contribution in [0.15, 0.2) is 60.9 Å². The first-order chi connectivity index (χ1) is 14.3. The van der Waals surface area contributed by atoms with Crippen molar-refractivity contribution in [1.82, 2.24) is 29.8 Å². The number of nitrogens with zero attached hydrogens (tertiary/aromatic N) is 7. The van der Waals surface area contributed by atoms with Crippen molar-refractivity contribution in [3.8, 4) is 5.69 Å². The molecule has 3 heterocycles. The maximum absolute atomic E-state index is 4.69. The van der Waals surface area contributed by atoms with Gasteiger partial charge in [0.05, 0.1) is 24.3 Å². The summed E-state index contributed by atoms with van der Waals surface area (Å²) < 4.78 is 4.10. The molecule has 0 aliphatic carbocycles. The van der Waals surface area contributed by atoms with E-state index in [1.165, 1.54) is 16.8 Å². The van der Waals surface area contributed by atoms with Crippen LogP contribution in [0.25, 0.3) is 5.69 Å². The molecule has 1 aliphatic rings. The molecule has 0 radical (unpaired) electrons. The Hall–Kier alpha value is -3.48. The highest BCUT2D eigenvalue weighted by Crippen LogP contribution is 2.24. The van der Waals surface area contributed by atoms with E-state index in [9.17, 15) is 0 Å². The van der Waals surface area contributed by atoms with E-state index >= 15 is 0 Å². The van der Waals surface area contributed by atoms with Gasteiger partial charge in [-0.2, -0.15) is 4.68 Å². The third-order valence-corrected chi connectivity index (χ3v) is 5.49. The van der Waals surface area contributed by atoms with Crippen molar-refractivity contribution in [3.05, 3.63) is 83.4 Å². The molecule has 146 valence electrons. The zero-order valence-corrected chi connectivity index (χ0v) is 16.4. The highest BCUT2D eigenvalue weighted by atomic mass is 15.6. The molecule has 0 saturated carbocycles. The number of anilines is 1. The van der Waals surface area contributed by atoms with Gasteiger partial charge < -0.3 is 9.47 Å². The smallest absolute Gasteiger partial charge is 0.250 e. The first kappa shape index (κ1) is 17.6. The number of aromatic nitrogens is 6. The highest BCUT2D eigenvalue weighted by molar-refractivity contribution is 5.43. The number of imidazole rings is 1. The van der Waals surface area contributed by atoms with Crippen LogP contribution in [-0.2, 0) is 25.9 Å². The quantitative estimate of drug-likeness (QED) is 0.528. The minimum absolute atomic E-state index is 0.722. The summed E-state index contributed by atoms with van der Waals surface area (Å²) in [5.41, 5.74) is 5.97. The fraction of sp³-hybridized carbons (Fsp3) is 0.273. The molecule has 0 amide bonds. The topological polar surface area (TPSA) is 64.7 Å². The Kier molecular flexibility index (Phi) is 4.56. The van der Waals surface area contributed by atoms with Gasteiger partial charge in [-0.25, -0.2) is 4.98 Å². The summed E-state index contributed by atoms with van der Waals surface area (Å²) in [5, 5.41) is 12.4. The standard InChI is InChI=1S/C22H23N7/c1-17-7-9-19(10-8-17)29-22(24-25-26-29)27-14-12-21-20(15-27)23-16-28(21)13-11-18-5-3-2-4-6-18/h2-10,16H,11-15H2,1H3. The summed E-state index contributed by atoms with van der Waals surface area (Å²) in [6.07, 6.45) is 3.92. The summed E-state index contributed by atoms with van der Waals surface area (Å²) >= 11 is 0. The molecule has 0 unspecified atom stereocenters. The van der Waals surface area contributed by atoms with Gasteiger partial charge in [-0.3, -0.25) is 0 Å². The third kappa shape index (κ3) is 3.51. The Balaban J connectivity index is 1.33. The summed E-state index contributed by atoms with van der Waals surface area (Å²) in [6.45, 7) is 4.62. The zero-order chi connectivity index (χ0) is 19.6. The predicted octanol–water partition coefficient (Wildman–Crippen LogP) is 2.97. The van der Waals surface area contributed by atoms with Crippen molar-refractivity contribution < 1.29 is 0 Å². The van der Waals surface area contributed by atoms with Crippen LogP contribution in [0.1, 0.15) is 22.5 Å². The van der Waals surface area contributed by atoms with Crippen molar-refractivity contribution in [2.75, 3.05) is 11.4 Å². The molecule has 0 spiro atoms. The van der Waals surface area contributed by atoms with Crippen molar-refractivity contribution >= 4 is 5.95 Å². The molecule has 1 aliphatic heterocycles. The van der Waals surface area contributed by atoms with E-state index in [0.717, 1.165) is 49.8 Å². The second-order valence-electron chi connectivity index (χ2n) is 7.46. The van der Waals surface area contributed by atoms with E-state index in [0.29, 0.717) is 0 Å². The summed E-state index contributed by atoms with van der Waals surface area (Å²) in [7, 11) is 0. The fourth-order valence-electron chi connectivity index (χ4n) is 3.86. The van der Waals surface area contributed by atoms with E-state index in [2.05, 4.69) is 79.4 Å². The lowest BCUT2D eigenvalue weighted by atomic mass is 10.1. The molecule has 0 bridgehead atoms. The number of hydrogen-bond donors (Lipinski definition) is 0. The number of hydrogen-bond acceptors (Lipinski definition) is 5. The molecular formula is C22H23N7. The fourth-order valence-corrected chi connectivity index (χ4v) is 3.86. The van der Waals surface area contributed by atoms with E-state index in [-0.39, 0.29) is 0 Å². The third-order valence-electron chi connectivity index (χ3n) is 5.49. The summed E-state index contributed by atoms with van der Waals surface area (Å²) in [6, 6.07) is 18.8. The van der Waals surface area contributed by atoms with E-state index < -0.39 is 0 Å². The van der Waals surface area contributed by atoms with E-state index in [1.54, 1.807) is 4.68 Å². The molecule has 0 atom stereocenters. The lowest BCUT2D eigenvalue weighted by Crippen LogP contribution is -2.33. The van der Waals surface area contributed by atoms with Crippen LogP contribution in [0.4, 0.5) is 5.95 Å². The van der Waals surface area contributed by atoms with Gasteiger partial charge in [0.2, 0.25) is 0 Å². The molecule has 2 aromatic heterocycles. The van der Waals surface area contributed by atoms with Gasteiger partial charge in [-0.05, 0) is 41.5 Å². The molecule has 2 aromatic carbocycles.